The quantitative estimate of drug-likeness (QED) is 0.846. The van der Waals surface area contributed by atoms with Crippen molar-refractivity contribution in [3.63, 3.8) is 0 Å². The lowest BCUT2D eigenvalue weighted by atomic mass is 9.92. The first-order chi connectivity index (χ1) is 8.82. The minimum Gasteiger partial charge on any atom is -0.330 e. The monoisotopic (exact) mass is 302 g/mol. The van der Waals surface area contributed by atoms with E-state index >= 15 is 0 Å². The Morgan fingerprint density at radius 2 is 1.95 bits per heavy atom. The molecule has 1 aromatic carbocycles. The van der Waals surface area contributed by atoms with Gasteiger partial charge in [0.15, 0.2) is 0 Å². The van der Waals surface area contributed by atoms with E-state index in [2.05, 4.69) is 32.6 Å². The summed E-state index contributed by atoms with van der Waals surface area (Å²) < 4.78 is 0. The Kier molecular flexibility index (Phi) is 6.13. The van der Waals surface area contributed by atoms with Crippen LogP contribution in [0.5, 0.6) is 0 Å². The molecule has 0 aromatic heterocycles. The molecule has 0 aliphatic rings. The van der Waals surface area contributed by atoms with Gasteiger partial charge in [0.05, 0.1) is 10.0 Å². The van der Waals surface area contributed by atoms with Crippen molar-refractivity contribution in [2.45, 2.75) is 33.7 Å². The van der Waals surface area contributed by atoms with Crippen LogP contribution in [0.1, 0.15) is 39.3 Å². The standard InChI is InChI=1S/C15H24Cl2N2/c1-5-19(10-15(3,4)9-18)11(2)12-7-6-8-13(16)14(12)17/h6-8,11H,5,9-10,18H2,1-4H3. The predicted octanol–water partition coefficient (Wildman–Crippen LogP) is 4.36. The molecule has 108 valence electrons. The van der Waals surface area contributed by atoms with Crippen molar-refractivity contribution in [1.29, 1.82) is 0 Å². The Bertz CT molecular complexity index is 419. The van der Waals surface area contributed by atoms with Gasteiger partial charge in [0, 0.05) is 12.6 Å². The van der Waals surface area contributed by atoms with Crippen LogP contribution in [-0.4, -0.2) is 24.5 Å². The first-order valence-electron chi connectivity index (χ1n) is 6.70. The lowest BCUT2D eigenvalue weighted by molar-refractivity contribution is 0.148. The van der Waals surface area contributed by atoms with Crippen molar-refractivity contribution in [1.82, 2.24) is 4.90 Å². The summed E-state index contributed by atoms with van der Waals surface area (Å²) in [6, 6.07) is 6.03. The Morgan fingerprint density at radius 1 is 1.32 bits per heavy atom. The van der Waals surface area contributed by atoms with Gasteiger partial charge >= 0.3 is 0 Å². The van der Waals surface area contributed by atoms with Crippen LogP contribution in [0.2, 0.25) is 10.0 Å². The molecule has 1 aromatic rings. The van der Waals surface area contributed by atoms with E-state index in [1.807, 2.05) is 18.2 Å². The summed E-state index contributed by atoms with van der Waals surface area (Å²) in [5.41, 5.74) is 6.99. The molecular weight excluding hydrogens is 279 g/mol. The predicted molar refractivity (Wildman–Crippen MR) is 85.0 cm³/mol. The van der Waals surface area contributed by atoms with E-state index in [4.69, 9.17) is 28.9 Å². The maximum Gasteiger partial charge on any atom is 0.0640 e. The maximum absolute atomic E-state index is 6.31. The first-order valence-corrected chi connectivity index (χ1v) is 7.46. The number of nitrogens with zero attached hydrogens (tertiary/aromatic N) is 1. The Balaban J connectivity index is 2.95. The molecule has 0 bridgehead atoms. The topological polar surface area (TPSA) is 29.3 Å². The van der Waals surface area contributed by atoms with Gasteiger partial charge in [-0.3, -0.25) is 4.90 Å². The van der Waals surface area contributed by atoms with Crippen LogP contribution < -0.4 is 5.73 Å². The van der Waals surface area contributed by atoms with Crippen LogP contribution in [0.4, 0.5) is 0 Å². The van der Waals surface area contributed by atoms with Gasteiger partial charge in [-0.1, -0.05) is 56.1 Å². The van der Waals surface area contributed by atoms with Crippen molar-refractivity contribution in [2.24, 2.45) is 11.1 Å². The minimum atomic E-state index is 0.0926. The Hall–Kier alpha value is -0.280. The molecule has 0 radical (unpaired) electrons. The second kappa shape index (κ2) is 6.94. The average Bonchev–Trinajstić information content (AvgIpc) is 2.38. The lowest BCUT2D eigenvalue weighted by Gasteiger charge is -2.35. The van der Waals surface area contributed by atoms with E-state index in [0.29, 0.717) is 16.6 Å². The summed E-state index contributed by atoms with van der Waals surface area (Å²) >= 11 is 12.4. The summed E-state index contributed by atoms with van der Waals surface area (Å²) in [6.07, 6.45) is 0. The largest absolute Gasteiger partial charge is 0.330 e. The van der Waals surface area contributed by atoms with Gasteiger partial charge in [-0.05, 0) is 37.1 Å². The number of rotatable bonds is 6. The highest BCUT2D eigenvalue weighted by Gasteiger charge is 2.24. The molecule has 0 saturated heterocycles. The van der Waals surface area contributed by atoms with E-state index in [9.17, 15) is 0 Å². The van der Waals surface area contributed by atoms with Gasteiger partial charge in [0.25, 0.3) is 0 Å². The van der Waals surface area contributed by atoms with Crippen LogP contribution in [-0.2, 0) is 0 Å². The highest BCUT2D eigenvalue weighted by atomic mass is 35.5. The first kappa shape index (κ1) is 16.8. The summed E-state index contributed by atoms with van der Waals surface area (Å²) in [4.78, 5) is 2.38. The van der Waals surface area contributed by atoms with Crippen molar-refractivity contribution >= 4 is 23.2 Å². The van der Waals surface area contributed by atoms with Crippen LogP contribution >= 0.6 is 23.2 Å². The zero-order valence-corrected chi connectivity index (χ0v) is 13.7. The van der Waals surface area contributed by atoms with Gasteiger partial charge in [-0.2, -0.15) is 0 Å². The highest BCUT2D eigenvalue weighted by Crippen LogP contribution is 2.33. The number of hydrogen-bond acceptors (Lipinski definition) is 2. The number of hydrogen-bond donors (Lipinski definition) is 1. The van der Waals surface area contributed by atoms with Crippen LogP contribution in [0.3, 0.4) is 0 Å². The molecule has 2 nitrogen and oxygen atoms in total. The molecule has 4 heteroatoms. The SMILES string of the molecule is CCN(CC(C)(C)CN)C(C)c1cccc(Cl)c1Cl. The fourth-order valence-corrected chi connectivity index (χ4v) is 2.64. The molecule has 0 amide bonds. The van der Waals surface area contributed by atoms with Crippen molar-refractivity contribution in [2.75, 3.05) is 19.6 Å². The number of halogens is 2. The van der Waals surface area contributed by atoms with Crippen LogP contribution in [0, 0.1) is 5.41 Å². The molecule has 0 spiro atoms. The van der Waals surface area contributed by atoms with E-state index in [1.54, 1.807) is 0 Å². The number of nitrogens with two attached hydrogens (primary N) is 1. The van der Waals surface area contributed by atoms with E-state index in [0.717, 1.165) is 18.7 Å². The van der Waals surface area contributed by atoms with E-state index < -0.39 is 0 Å². The summed E-state index contributed by atoms with van der Waals surface area (Å²) in [6.45, 7) is 11.2. The third kappa shape index (κ3) is 4.35. The normalized spacial score (nSPS) is 13.9. The molecule has 19 heavy (non-hydrogen) atoms. The third-order valence-corrected chi connectivity index (χ3v) is 4.40. The average molecular weight is 303 g/mol. The van der Waals surface area contributed by atoms with Gasteiger partial charge < -0.3 is 5.73 Å². The molecule has 1 unspecified atom stereocenters. The molecule has 0 aliphatic carbocycles. The van der Waals surface area contributed by atoms with Crippen molar-refractivity contribution < 1.29 is 0 Å². The second-order valence-electron chi connectivity index (χ2n) is 5.75. The van der Waals surface area contributed by atoms with Gasteiger partial charge in [0.1, 0.15) is 0 Å². The molecule has 1 rings (SSSR count). The zero-order chi connectivity index (χ0) is 14.6. The van der Waals surface area contributed by atoms with Gasteiger partial charge in [-0.25, -0.2) is 0 Å². The molecule has 0 saturated carbocycles. The molecule has 0 fully saturated rings. The van der Waals surface area contributed by atoms with E-state index in [-0.39, 0.29) is 11.5 Å². The Labute approximate surface area is 126 Å². The molecule has 2 N–H and O–H groups in total. The summed E-state index contributed by atoms with van der Waals surface area (Å²) in [5.74, 6) is 0. The molecule has 0 aliphatic heterocycles. The third-order valence-electron chi connectivity index (χ3n) is 3.57. The summed E-state index contributed by atoms with van der Waals surface area (Å²) in [7, 11) is 0. The molecular formula is C15H24Cl2N2. The Morgan fingerprint density at radius 3 is 2.47 bits per heavy atom. The van der Waals surface area contributed by atoms with E-state index in [1.165, 1.54) is 0 Å². The minimum absolute atomic E-state index is 0.0926. The van der Waals surface area contributed by atoms with Gasteiger partial charge in [-0.15, -0.1) is 0 Å². The number of benzene rings is 1. The fraction of sp³-hybridized carbons (Fsp3) is 0.600. The lowest BCUT2D eigenvalue weighted by Crippen LogP contribution is -2.40. The van der Waals surface area contributed by atoms with Crippen molar-refractivity contribution in [3.05, 3.63) is 33.8 Å². The molecule has 0 heterocycles. The zero-order valence-electron chi connectivity index (χ0n) is 12.2. The van der Waals surface area contributed by atoms with Crippen molar-refractivity contribution in [3.8, 4) is 0 Å². The van der Waals surface area contributed by atoms with Gasteiger partial charge in [0.2, 0.25) is 0 Å². The summed E-state index contributed by atoms with van der Waals surface area (Å²) in [5, 5.41) is 1.26. The van der Waals surface area contributed by atoms with Crippen LogP contribution in [0.15, 0.2) is 18.2 Å². The second-order valence-corrected chi connectivity index (χ2v) is 6.54. The smallest absolute Gasteiger partial charge is 0.0640 e. The maximum atomic E-state index is 6.31. The van der Waals surface area contributed by atoms with Crippen LogP contribution in [0.25, 0.3) is 0 Å². The fourth-order valence-electron chi connectivity index (χ4n) is 2.18. The molecule has 1 atom stereocenters. The highest BCUT2D eigenvalue weighted by molar-refractivity contribution is 6.42.